The van der Waals surface area contributed by atoms with Gasteiger partial charge in [-0.1, -0.05) is 5.11 Å². The van der Waals surface area contributed by atoms with Gasteiger partial charge in [-0.2, -0.15) is 0 Å². The fourth-order valence-electron chi connectivity index (χ4n) is 0.834. The first-order valence-electron chi connectivity index (χ1n) is 5.15. The highest BCUT2D eigenvalue weighted by molar-refractivity contribution is 4.44. The molecule has 0 saturated carbocycles. The quantitative estimate of drug-likeness (QED) is 0.218. The summed E-state index contributed by atoms with van der Waals surface area (Å²) >= 11 is 0. The summed E-state index contributed by atoms with van der Waals surface area (Å²) in [5.74, 6) is 0. The third kappa shape index (κ3) is 13.2. The number of azide groups is 1. The highest BCUT2D eigenvalue weighted by Gasteiger charge is 1.90. The first kappa shape index (κ1) is 15.2. The minimum absolute atomic E-state index is 0.358. The van der Waals surface area contributed by atoms with Crippen molar-refractivity contribution in [3.05, 3.63) is 10.4 Å². The SMILES string of the molecule is COCCOCCOCCOCCN=[N+]=[N-]. The second-order valence-corrected chi connectivity index (χ2v) is 2.78. The Balaban J connectivity index is 2.90. The van der Waals surface area contributed by atoms with Gasteiger partial charge in [0.25, 0.3) is 0 Å². The molecule has 0 amide bonds. The monoisotopic (exact) mass is 233 g/mol. The van der Waals surface area contributed by atoms with Crippen LogP contribution in [0.3, 0.4) is 0 Å². The Labute approximate surface area is 95.2 Å². The van der Waals surface area contributed by atoms with Gasteiger partial charge in [-0.15, -0.1) is 0 Å². The smallest absolute Gasteiger partial charge is 0.0701 e. The van der Waals surface area contributed by atoms with Crippen LogP contribution in [0.4, 0.5) is 0 Å². The zero-order valence-corrected chi connectivity index (χ0v) is 9.63. The fourth-order valence-corrected chi connectivity index (χ4v) is 0.834. The predicted octanol–water partition coefficient (Wildman–Crippen LogP) is 0.993. The van der Waals surface area contributed by atoms with Gasteiger partial charge in [0, 0.05) is 18.6 Å². The number of rotatable bonds is 12. The van der Waals surface area contributed by atoms with Gasteiger partial charge >= 0.3 is 0 Å². The Bertz CT molecular complexity index is 186. The van der Waals surface area contributed by atoms with E-state index < -0.39 is 0 Å². The third-order valence-electron chi connectivity index (χ3n) is 1.57. The van der Waals surface area contributed by atoms with E-state index in [2.05, 4.69) is 10.0 Å². The van der Waals surface area contributed by atoms with Crippen LogP contribution in [0.5, 0.6) is 0 Å². The van der Waals surface area contributed by atoms with Crippen molar-refractivity contribution in [2.75, 3.05) is 59.9 Å². The molecule has 0 atom stereocenters. The first-order chi connectivity index (χ1) is 7.91. The fraction of sp³-hybridized carbons (Fsp3) is 1.00. The summed E-state index contributed by atoms with van der Waals surface area (Å²) in [4.78, 5) is 2.61. The van der Waals surface area contributed by atoms with Gasteiger partial charge in [-0.25, -0.2) is 0 Å². The molecule has 0 spiro atoms. The average Bonchev–Trinajstić information content (AvgIpc) is 2.31. The molecular formula is C9H19N3O4. The largest absolute Gasteiger partial charge is 0.382 e. The molecule has 0 aromatic heterocycles. The maximum Gasteiger partial charge on any atom is 0.0701 e. The van der Waals surface area contributed by atoms with Gasteiger partial charge in [0.1, 0.15) is 0 Å². The molecule has 0 saturated heterocycles. The van der Waals surface area contributed by atoms with E-state index in [0.29, 0.717) is 52.8 Å². The minimum Gasteiger partial charge on any atom is -0.382 e. The van der Waals surface area contributed by atoms with Crippen molar-refractivity contribution in [2.24, 2.45) is 5.11 Å². The van der Waals surface area contributed by atoms with Crippen molar-refractivity contribution in [2.45, 2.75) is 0 Å². The molecule has 0 aromatic carbocycles. The molecule has 0 rings (SSSR count). The van der Waals surface area contributed by atoms with Crippen LogP contribution in [0.2, 0.25) is 0 Å². The number of hydrogen-bond donors (Lipinski definition) is 0. The number of nitrogens with zero attached hydrogens (tertiary/aromatic N) is 3. The van der Waals surface area contributed by atoms with Gasteiger partial charge < -0.3 is 18.9 Å². The number of methoxy groups -OCH3 is 1. The molecule has 0 aromatic rings. The van der Waals surface area contributed by atoms with Crippen molar-refractivity contribution >= 4 is 0 Å². The van der Waals surface area contributed by atoms with Crippen LogP contribution in [0.1, 0.15) is 0 Å². The molecule has 0 fully saturated rings. The van der Waals surface area contributed by atoms with Crippen LogP contribution < -0.4 is 0 Å². The zero-order chi connectivity index (χ0) is 11.9. The molecular weight excluding hydrogens is 214 g/mol. The molecule has 94 valence electrons. The highest BCUT2D eigenvalue weighted by atomic mass is 16.6. The summed E-state index contributed by atoms with van der Waals surface area (Å²) in [7, 11) is 1.63. The number of hydrogen-bond acceptors (Lipinski definition) is 5. The van der Waals surface area contributed by atoms with Crippen LogP contribution >= 0.6 is 0 Å². The Morgan fingerprint density at radius 2 is 1.38 bits per heavy atom. The van der Waals surface area contributed by atoms with E-state index in [1.165, 1.54) is 0 Å². The molecule has 0 aliphatic heterocycles. The van der Waals surface area contributed by atoms with Crippen molar-refractivity contribution in [3.8, 4) is 0 Å². The highest BCUT2D eigenvalue weighted by Crippen LogP contribution is 1.82. The van der Waals surface area contributed by atoms with Gasteiger partial charge in [-0.3, -0.25) is 0 Å². The summed E-state index contributed by atoms with van der Waals surface area (Å²) in [5, 5.41) is 3.33. The maximum absolute atomic E-state index is 7.98. The lowest BCUT2D eigenvalue weighted by atomic mass is 10.7. The molecule has 0 aliphatic carbocycles. The summed E-state index contributed by atoms with van der Waals surface area (Å²) < 4.78 is 20.4. The molecule has 0 bridgehead atoms. The second-order valence-electron chi connectivity index (χ2n) is 2.78. The van der Waals surface area contributed by atoms with Crippen LogP contribution in [-0.2, 0) is 18.9 Å². The van der Waals surface area contributed by atoms with Crippen molar-refractivity contribution in [1.29, 1.82) is 0 Å². The Kier molecular flexibility index (Phi) is 13.4. The van der Waals surface area contributed by atoms with E-state index >= 15 is 0 Å². The normalized spacial score (nSPS) is 10.1. The molecule has 0 aliphatic rings. The topological polar surface area (TPSA) is 85.7 Å². The van der Waals surface area contributed by atoms with Crippen LogP contribution in [0.25, 0.3) is 10.4 Å². The molecule has 0 unspecified atom stereocenters. The van der Waals surface area contributed by atoms with E-state index in [9.17, 15) is 0 Å². The molecule has 7 nitrogen and oxygen atoms in total. The lowest BCUT2D eigenvalue weighted by Gasteiger charge is -2.05. The van der Waals surface area contributed by atoms with E-state index in [4.69, 9.17) is 24.5 Å². The summed E-state index contributed by atoms with van der Waals surface area (Å²) in [6, 6.07) is 0. The van der Waals surface area contributed by atoms with Gasteiger partial charge in [0.05, 0.1) is 46.2 Å². The van der Waals surface area contributed by atoms with E-state index in [1.54, 1.807) is 7.11 Å². The van der Waals surface area contributed by atoms with Crippen molar-refractivity contribution in [3.63, 3.8) is 0 Å². The first-order valence-corrected chi connectivity index (χ1v) is 5.15. The molecule has 16 heavy (non-hydrogen) atoms. The third-order valence-corrected chi connectivity index (χ3v) is 1.57. The standard InChI is InChI=1S/C9H19N3O4/c1-13-4-5-15-8-9-16-7-6-14-3-2-11-12-10/h2-9H2,1H3. The van der Waals surface area contributed by atoms with Crippen LogP contribution in [-0.4, -0.2) is 59.9 Å². The molecule has 7 heteroatoms. The van der Waals surface area contributed by atoms with Gasteiger partial charge in [-0.05, 0) is 5.53 Å². The maximum atomic E-state index is 7.98. The number of ether oxygens (including phenoxy) is 4. The van der Waals surface area contributed by atoms with Crippen LogP contribution in [0.15, 0.2) is 5.11 Å². The average molecular weight is 233 g/mol. The summed E-state index contributed by atoms with van der Waals surface area (Å²) in [6.45, 7) is 4.09. The Morgan fingerprint density at radius 1 is 0.875 bits per heavy atom. The lowest BCUT2D eigenvalue weighted by Crippen LogP contribution is -2.12. The molecule has 0 heterocycles. The van der Waals surface area contributed by atoms with Gasteiger partial charge in [0.15, 0.2) is 0 Å². The van der Waals surface area contributed by atoms with Crippen LogP contribution in [0, 0.1) is 0 Å². The minimum atomic E-state index is 0.358. The van der Waals surface area contributed by atoms with E-state index in [1.807, 2.05) is 0 Å². The second kappa shape index (κ2) is 14.2. The van der Waals surface area contributed by atoms with Crippen molar-refractivity contribution < 1.29 is 18.9 Å². The lowest BCUT2D eigenvalue weighted by molar-refractivity contribution is 0.00469. The molecule has 0 N–H and O–H groups in total. The van der Waals surface area contributed by atoms with E-state index in [0.717, 1.165) is 0 Å². The predicted molar refractivity (Wildman–Crippen MR) is 58.3 cm³/mol. The van der Waals surface area contributed by atoms with Gasteiger partial charge in [0.2, 0.25) is 0 Å². The Hall–Kier alpha value is -0.850. The van der Waals surface area contributed by atoms with E-state index in [-0.39, 0.29) is 0 Å². The van der Waals surface area contributed by atoms with Crippen molar-refractivity contribution in [1.82, 2.24) is 0 Å². The molecule has 0 radical (unpaired) electrons. The zero-order valence-electron chi connectivity index (χ0n) is 9.63. The Morgan fingerprint density at radius 3 is 1.88 bits per heavy atom. The summed E-state index contributed by atoms with van der Waals surface area (Å²) in [5.41, 5.74) is 7.98. The summed E-state index contributed by atoms with van der Waals surface area (Å²) in [6.07, 6.45) is 0.